The number of likely N-dealkylation sites (tertiary alicyclic amines) is 1. The maximum absolute atomic E-state index is 12.2. The van der Waals surface area contributed by atoms with E-state index in [1.165, 1.54) is 52.0 Å². The molecule has 3 amide bonds. The monoisotopic (exact) mass is 522 g/mol. The van der Waals surface area contributed by atoms with Crippen molar-refractivity contribution in [2.24, 2.45) is 0 Å². The quantitative estimate of drug-likeness (QED) is 0.624. The number of benzene rings is 1. The van der Waals surface area contributed by atoms with Gasteiger partial charge in [0.25, 0.3) is 5.91 Å². The highest BCUT2D eigenvalue weighted by atomic mass is 16.2. The van der Waals surface area contributed by atoms with Gasteiger partial charge in [0.1, 0.15) is 6.33 Å². The van der Waals surface area contributed by atoms with Gasteiger partial charge in [0.05, 0.1) is 18.8 Å². The number of hydrogen-bond acceptors (Lipinski definition) is 6. The van der Waals surface area contributed by atoms with Gasteiger partial charge in [-0.05, 0) is 31.4 Å². The third kappa shape index (κ3) is 10.2. The lowest BCUT2D eigenvalue weighted by atomic mass is 10.0. The third-order valence-corrected chi connectivity index (χ3v) is 6.94. The fourth-order valence-corrected chi connectivity index (χ4v) is 4.71. The summed E-state index contributed by atoms with van der Waals surface area (Å²) in [5.74, 6) is -0.195. The lowest BCUT2D eigenvalue weighted by Gasteiger charge is -2.28. The molecule has 9 heteroatoms. The second-order valence-corrected chi connectivity index (χ2v) is 9.92. The zero-order valence-corrected chi connectivity index (χ0v) is 22.7. The first-order chi connectivity index (χ1) is 18.6. The molecule has 0 radical (unpaired) electrons. The zero-order chi connectivity index (χ0) is 27.0. The number of likely N-dealkylation sites (N-methyl/N-ethyl adjacent to an activating group) is 1. The van der Waals surface area contributed by atoms with Crippen molar-refractivity contribution in [1.29, 1.82) is 0 Å². The molecule has 2 aliphatic heterocycles. The van der Waals surface area contributed by atoms with E-state index in [9.17, 15) is 14.4 Å². The van der Waals surface area contributed by atoms with E-state index in [1.54, 1.807) is 30.6 Å². The Morgan fingerprint density at radius 2 is 1.50 bits per heavy atom. The van der Waals surface area contributed by atoms with Crippen LogP contribution in [0.4, 0.5) is 0 Å². The Hall–Kier alpha value is -3.33. The van der Waals surface area contributed by atoms with Crippen molar-refractivity contribution in [3.8, 4) is 0 Å². The number of carbonyl (C=O) groups is 3. The van der Waals surface area contributed by atoms with Crippen molar-refractivity contribution in [3.63, 3.8) is 0 Å². The minimum atomic E-state index is -0.241. The van der Waals surface area contributed by atoms with Crippen molar-refractivity contribution in [1.82, 2.24) is 30.4 Å². The number of nitrogens with zero attached hydrogens (tertiary/aromatic N) is 4. The van der Waals surface area contributed by atoms with E-state index >= 15 is 0 Å². The Bertz CT molecular complexity index is 970. The van der Waals surface area contributed by atoms with Gasteiger partial charge >= 0.3 is 0 Å². The number of carbonyl (C=O) groups excluding carboxylic acids is 3. The SMILES string of the molecule is C1CCCCC1.CNC(=O)CNC(=O)c1ccccc1.O=C(CN1Cc2cncnc2C1)N1CCCCC1. The summed E-state index contributed by atoms with van der Waals surface area (Å²) in [5.41, 5.74) is 2.77. The fraction of sp³-hybridized carbons (Fsp3) is 0.552. The Labute approximate surface area is 226 Å². The topological polar surface area (TPSA) is 108 Å². The summed E-state index contributed by atoms with van der Waals surface area (Å²) in [5, 5.41) is 4.92. The van der Waals surface area contributed by atoms with Gasteiger partial charge in [-0.1, -0.05) is 56.7 Å². The standard InChI is InChI=1S/C13H18N4O.C10H12N2O2.C6H12/c18-13(17-4-2-1-3-5-17)9-16-7-11-6-14-10-15-12(11)8-16;1-11-9(13)7-12-10(14)8-5-3-2-4-6-8;1-2-4-6-5-3-1/h6,10H,1-5,7-9H2;2-6H,7H2,1H3,(H,11,13)(H,12,14);1-6H2. The Morgan fingerprint density at radius 3 is 2.11 bits per heavy atom. The normalized spacial score (nSPS) is 16.6. The van der Waals surface area contributed by atoms with Crippen molar-refractivity contribution < 1.29 is 14.4 Å². The average Bonchev–Trinajstić information content (AvgIpc) is 3.40. The summed E-state index contributed by atoms with van der Waals surface area (Å²) in [6.07, 6.45) is 16.0. The molecule has 1 saturated heterocycles. The predicted octanol–water partition coefficient (Wildman–Crippen LogP) is 3.31. The molecule has 2 fully saturated rings. The summed E-state index contributed by atoms with van der Waals surface area (Å²) < 4.78 is 0. The Balaban J connectivity index is 0.000000177. The number of aromatic nitrogens is 2. The number of hydrogen-bond donors (Lipinski definition) is 2. The first-order valence-electron chi connectivity index (χ1n) is 13.9. The van der Waals surface area contributed by atoms with E-state index in [1.807, 2.05) is 17.2 Å². The molecular formula is C29H42N6O3. The van der Waals surface area contributed by atoms with Crippen LogP contribution in [0.1, 0.15) is 79.4 Å². The highest BCUT2D eigenvalue weighted by molar-refractivity contribution is 5.96. The van der Waals surface area contributed by atoms with E-state index in [0.717, 1.165) is 50.3 Å². The van der Waals surface area contributed by atoms with E-state index in [4.69, 9.17) is 0 Å². The molecule has 2 aromatic rings. The van der Waals surface area contributed by atoms with Crippen LogP contribution in [0.2, 0.25) is 0 Å². The van der Waals surface area contributed by atoms with Gasteiger partial charge in [-0.15, -0.1) is 0 Å². The van der Waals surface area contributed by atoms with Gasteiger partial charge in [-0.3, -0.25) is 19.3 Å². The van der Waals surface area contributed by atoms with Crippen LogP contribution in [0.15, 0.2) is 42.9 Å². The van der Waals surface area contributed by atoms with E-state index in [0.29, 0.717) is 12.1 Å². The van der Waals surface area contributed by atoms with Crippen LogP contribution in [0.3, 0.4) is 0 Å². The number of piperidine rings is 1. The molecule has 0 bridgehead atoms. The van der Waals surface area contributed by atoms with Crippen LogP contribution in [-0.2, 0) is 22.7 Å². The highest BCUT2D eigenvalue weighted by Crippen LogP contribution is 2.19. The van der Waals surface area contributed by atoms with Crippen LogP contribution in [0.5, 0.6) is 0 Å². The molecule has 1 aromatic heterocycles. The van der Waals surface area contributed by atoms with E-state index in [2.05, 4.69) is 25.5 Å². The molecule has 38 heavy (non-hydrogen) atoms. The number of rotatable bonds is 5. The second kappa shape index (κ2) is 16.5. The molecule has 1 aromatic carbocycles. The molecule has 1 aliphatic carbocycles. The smallest absolute Gasteiger partial charge is 0.251 e. The van der Waals surface area contributed by atoms with Crippen molar-refractivity contribution in [3.05, 3.63) is 59.7 Å². The summed E-state index contributed by atoms with van der Waals surface area (Å²) >= 11 is 0. The maximum Gasteiger partial charge on any atom is 0.251 e. The molecule has 0 unspecified atom stereocenters. The number of nitrogens with one attached hydrogen (secondary N) is 2. The van der Waals surface area contributed by atoms with Crippen LogP contribution in [0.25, 0.3) is 0 Å². The molecule has 5 rings (SSSR count). The van der Waals surface area contributed by atoms with Crippen LogP contribution < -0.4 is 10.6 Å². The Kier molecular flexibility index (Phi) is 12.7. The lowest BCUT2D eigenvalue weighted by molar-refractivity contribution is -0.133. The summed E-state index contributed by atoms with van der Waals surface area (Å²) in [6.45, 7) is 3.95. The molecular weight excluding hydrogens is 480 g/mol. The lowest BCUT2D eigenvalue weighted by Crippen LogP contribution is -2.41. The Morgan fingerprint density at radius 1 is 0.868 bits per heavy atom. The van der Waals surface area contributed by atoms with Gasteiger partial charge in [0.2, 0.25) is 11.8 Å². The van der Waals surface area contributed by atoms with E-state index in [-0.39, 0.29) is 24.3 Å². The zero-order valence-electron chi connectivity index (χ0n) is 22.7. The molecule has 9 nitrogen and oxygen atoms in total. The molecule has 0 atom stereocenters. The van der Waals surface area contributed by atoms with Gasteiger partial charge in [0, 0.05) is 50.6 Å². The molecule has 0 spiro atoms. The van der Waals surface area contributed by atoms with Crippen molar-refractivity contribution in [2.75, 3.05) is 33.2 Å². The molecule has 3 aliphatic rings. The minimum Gasteiger partial charge on any atom is -0.358 e. The first kappa shape index (κ1) is 29.2. The first-order valence-corrected chi connectivity index (χ1v) is 13.9. The predicted molar refractivity (Wildman–Crippen MR) is 147 cm³/mol. The molecule has 1 saturated carbocycles. The van der Waals surface area contributed by atoms with Gasteiger partial charge in [0.15, 0.2) is 0 Å². The van der Waals surface area contributed by atoms with Crippen molar-refractivity contribution in [2.45, 2.75) is 70.9 Å². The number of amides is 3. The number of fused-ring (bicyclic) bond motifs is 1. The summed E-state index contributed by atoms with van der Waals surface area (Å²) in [6, 6.07) is 8.76. The summed E-state index contributed by atoms with van der Waals surface area (Å²) in [4.78, 5) is 46.8. The molecule has 206 valence electrons. The van der Waals surface area contributed by atoms with Gasteiger partial charge in [-0.25, -0.2) is 9.97 Å². The van der Waals surface area contributed by atoms with Crippen LogP contribution in [0, 0.1) is 0 Å². The van der Waals surface area contributed by atoms with Gasteiger partial charge < -0.3 is 15.5 Å². The third-order valence-electron chi connectivity index (χ3n) is 6.94. The van der Waals surface area contributed by atoms with Crippen LogP contribution >= 0.6 is 0 Å². The summed E-state index contributed by atoms with van der Waals surface area (Å²) in [7, 11) is 1.52. The fourth-order valence-electron chi connectivity index (χ4n) is 4.71. The van der Waals surface area contributed by atoms with E-state index < -0.39 is 0 Å². The average molecular weight is 523 g/mol. The highest BCUT2D eigenvalue weighted by Gasteiger charge is 2.24. The van der Waals surface area contributed by atoms with Crippen molar-refractivity contribution >= 4 is 17.7 Å². The molecule has 2 N–H and O–H groups in total. The largest absolute Gasteiger partial charge is 0.358 e. The second-order valence-electron chi connectivity index (χ2n) is 9.92. The van der Waals surface area contributed by atoms with Crippen LogP contribution in [-0.4, -0.2) is 70.7 Å². The van der Waals surface area contributed by atoms with Gasteiger partial charge in [-0.2, -0.15) is 0 Å². The molecule has 3 heterocycles. The maximum atomic E-state index is 12.2. The minimum absolute atomic E-state index is 0.00419.